The van der Waals surface area contributed by atoms with Crippen LogP contribution in [-0.4, -0.2) is 36.9 Å². The van der Waals surface area contributed by atoms with Crippen molar-refractivity contribution in [2.75, 3.05) is 14.2 Å². The van der Waals surface area contributed by atoms with Gasteiger partial charge >= 0.3 is 0 Å². The van der Waals surface area contributed by atoms with Crippen molar-refractivity contribution in [1.29, 1.82) is 0 Å². The summed E-state index contributed by atoms with van der Waals surface area (Å²) in [6, 6.07) is 0. The summed E-state index contributed by atoms with van der Waals surface area (Å²) in [6.45, 7) is 0. The van der Waals surface area contributed by atoms with Gasteiger partial charge in [0.05, 0.1) is 7.11 Å². The lowest BCUT2D eigenvalue weighted by molar-refractivity contribution is -0.174. The number of hydroxylamine groups is 2. The quantitative estimate of drug-likeness (QED) is 0.232. The summed E-state index contributed by atoms with van der Waals surface area (Å²) >= 11 is 0. The van der Waals surface area contributed by atoms with Crippen LogP contribution >= 0.6 is 0 Å². The first-order valence-corrected chi connectivity index (χ1v) is 4.96. The molecule has 0 rings (SSSR count). The Kier molecular flexibility index (Phi) is 7.31. The Hall–Kier alpha value is -2.61. The van der Waals surface area contributed by atoms with Crippen LogP contribution in [0.2, 0.25) is 0 Å². The zero-order valence-electron chi connectivity index (χ0n) is 10.3. The fourth-order valence-corrected chi connectivity index (χ4v) is 1.14. The van der Waals surface area contributed by atoms with Gasteiger partial charge in [0.2, 0.25) is 11.8 Å². The van der Waals surface area contributed by atoms with Crippen LogP contribution in [0.15, 0.2) is 10.2 Å². The summed E-state index contributed by atoms with van der Waals surface area (Å²) < 4.78 is 0. The predicted octanol–water partition coefficient (Wildman–Crippen LogP) is 1.08. The molecule has 11 heteroatoms. The van der Waals surface area contributed by atoms with Crippen molar-refractivity contribution >= 4 is 17.7 Å². The first-order chi connectivity index (χ1) is 8.97. The highest BCUT2D eigenvalue weighted by Crippen LogP contribution is 2.13. The first-order valence-electron chi connectivity index (χ1n) is 4.96. The zero-order valence-corrected chi connectivity index (χ0v) is 10.3. The molecule has 0 N–H and O–H groups in total. The van der Waals surface area contributed by atoms with Crippen molar-refractivity contribution in [3.8, 4) is 0 Å². The van der Waals surface area contributed by atoms with Crippen LogP contribution in [-0.2, 0) is 19.2 Å². The van der Waals surface area contributed by atoms with Crippen molar-refractivity contribution in [2.24, 2.45) is 16.1 Å². The number of rotatable bonds is 6. The average Bonchev–Trinajstić information content (AvgIpc) is 2.38. The molecule has 0 radical (unpaired) electrons. The molecule has 0 saturated heterocycles. The van der Waals surface area contributed by atoms with E-state index in [0.717, 1.165) is 5.06 Å². The minimum absolute atomic E-state index is 0.248. The molecule has 0 aliphatic rings. The second-order valence-electron chi connectivity index (χ2n) is 3.22. The second kappa shape index (κ2) is 8.48. The van der Waals surface area contributed by atoms with Gasteiger partial charge in [-0.25, -0.2) is 5.06 Å². The van der Waals surface area contributed by atoms with Gasteiger partial charge < -0.3 is 0 Å². The molecular weight excluding hydrogens is 258 g/mol. The fourth-order valence-electron chi connectivity index (χ4n) is 1.14. The Bertz CT molecular complexity index is 464. The molecule has 102 valence electrons. The maximum absolute atomic E-state index is 11.7. The Morgan fingerprint density at radius 1 is 1.26 bits per heavy atom. The fraction of sp³-hybridized carbons (Fsp3) is 0.625. The number of hydrogen-bond acceptors (Lipinski definition) is 4. The van der Waals surface area contributed by atoms with Crippen LogP contribution in [0.1, 0.15) is 12.8 Å². The Morgan fingerprint density at radius 3 is 2.32 bits per heavy atom. The van der Waals surface area contributed by atoms with Crippen LogP contribution in [0, 0.1) is 5.92 Å². The van der Waals surface area contributed by atoms with Crippen molar-refractivity contribution < 1.29 is 19.2 Å². The zero-order chi connectivity index (χ0) is 14.8. The Balaban J connectivity index is 4.92. The van der Waals surface area contributed by atoms with Crippen LogP contribution in [0.4, 0.5) is 0 Å². The number of azide groups is 2. The van der Waals surface area contributed by atoms with Gasteiger partial charge in [0.1, 0.15) is 5.92 Å². The van der Waals surface area contributed by atoms with Crippen molar-refractivity contribution in [3.05, 3.63) is 20.9 Å². The molecule has 1 atom stereocenters. The molecule has 0 aromatic carbocycles. The summed E-state index contributed by atoms with van der Waals surface area (Å²) in [5.41, 5.74) is 16.2. The molecule has 1 unspecified atom stereocenters. The van der Waals surface area contributed by atoms with Crippen LogP contribution < -0.4 is 0 Å². The third kappa shape index (κ3) is 5.50. The number of hydrogen-bond donors (Lipinski definition) is 0. The SMILES string of the molecule is CON(C)C(=O)C(CCC(=O)N=[N+]=[N-])C(=O)N=[N+]=[N-]. The summed E-state index contributed by atoms with van der Waals surface area (Å²) in [5, 5.41) is 6.38. The molecule has 0 fully saturated rings. The largest absolute Gasteiger partial charge is 0.293 e. The minimum Gasteiger partial charge on any atom is -0.293 e. The maximum Gasteiger partial charge on any atom is 0.256 e. The molecule has 0 spiro atoms. The van der Waals surface area contributed by atoms with Gasteiger partial charge in [0.25, 0.3) is 5.91 Å². The second-order valence-corrected chi connectivity index (χ2v) is 3.22. The van der Waals surface area contributed by atoms with Gasteiger partial charge in [0.15, 0.2) is 0 Å². The number of carbonyl (C=O) groups is 3. The molecule has 3 amide bonds. The van der Waals surface area contributed by atoms with Crippen LogP contribution in [0.25, 0.3) is 20.9 Å². The summed E-state index contributed by atoms with van der Waals surface area (Å²) in [7, 11) is 2.46. The number of amides is 3. The van der Waals surface area contributed by atoms with Crippen LogP contribution in [0.5, 0.6) is 0 Å². The van der Waals surface area contributed by atoms with Gasteiger partial charge in [-0.3, -0.25) is 19.2 Å². The first kappa shape index (κ1) is 16.4. The molecule has 19 heavy (non-hydrogen) atoms. The van der Waals surface area contributed by atoms with Gasteiger partial charge in [-0.15, -0.1) is 0 Å². The third-order valence-corrected chi connectivity index (χ3v) is 2.13. The van der Waals surface area contributed by atoms with E-state index in [1.807, 2.05) is 0 Å². The molecule has 0 bridgehead atoms. The molecule has 0 aliphatic heterocycles. The maximum atomic E-state index is 11.7. The monoisotopic (exact) mass is 269 g/mol. The van der Waals surface area contributed by atoms with E-state index in [0.29, 0.717) is 0 Å². The summed E-state index contributed by atoms with van der Waals surface area (Å²) in [4.78, 5) is 43.3. The highest BCUT2D eigenvalue weighted by Gasteiger charge is 2.29. The lowest BCUT2D eigenvalue weighted by Crippen LogP contribution is -2.36. The molecule has 11 nitrogen and oxygen atoms in total. The molecule has 0 aromatic heterocycles. The average molecular weight is 269 g/mol. The smallest absolute Gasteiger partial charge is 0.256 e. The van der Waals surface area contributed by atoms with E-state index in [-0.39, 0.29) is 12.8 Å². The molecule has 0 aliphatic carbocycles. The van der Waals surface area contributed by atoms with Crippen molar-refractivity contribution in [1.82, 2.24) is 5.06 Å². The van der Waals surface area contributed by atoms with E-state index in [2.05, 4.69) is 24.9 Å². The van der Waals surface area contributed by atoms with Gasteiger partial charge in [-0.2, -0.15) is 0 Å². The molecule has 0 aromatic rings. The van der Waals surface area contributed by atoms with E-state index >= 15 is 0 Å². The highest BCUT2D eigenvalue weighted by atomic mass is 16.7. The van der Waals surface area contributed by atoms with Gasteiger partial charge in [0, 0.05) is 23.3 Å². The topological polar surface area (TPSA) is 161 Å². The lowest BCUT2D eigenvalue weighted by Gasteiger charge is -2.18. The Labute approximate surface area is 107 Å². The van der Waals surface area contributed by atoms with E-state index in [4.69, 9.17) is 11.1 Å². The Morgan fingerprint density at radius 2 is 1.84 bits per heavy atom. The van der Waals surface area contributed by atoms with E-state index < -0.39 is 23.6 Å². The molecule has 0 saturated carbocycles. The molecular formula is C8H11N7O4. The van der Waals surface area contributed by atoms with Crippen molar-refractivity contribution in [3.63, 3.8) is 0 Å². The normalized spacial score (nSPS) is 10.6. The summed E-state index contributed by atoms with van der Waals surface area (Å²) in [6.07, 6.45) is -0.576. The summed E-state index contributed by atoms with van der Waals surface area (Å²) in [5.74, 6) is -3.99. The van der Waals surface area contributed by atoms with E-state index in [1.165, 1.54) is 14.2 Å². The molecule has 0 heterocycles. The predicted molar refractivity (Wildman–Crippen MR) is 60.8 cm³/mol. The van der Waals surface area contributed by atoms with Crippen LogP contribution in [0.3, 0.4) is 0 Å². The lowest BCUT2D eigenvalue weighted by atomic mass is 10.0. The standard InChI is InChI=1S/C8H11N7O4/c1-15(19-2)8(18)5(7(17)12-14-10)3-4-6(16)11-13-9/h5H,3-4H2,1-2H3. The van der Waals surface area contributed by atoms with Gasteiger partial charge in [-0.1, -0.05) is 0 Å². The van der Waals surface area contributed by atoms with E-state index in [1.54, 1.807) is 0 Å². The van der Waals surface area contributed by atoms with Crippen molar-refractivity contribution in [2.45, 2.75) is 12.8 Å². The number of carbonyl (C=O) groups excluding carboxylic acids is 3. The van der Waals surface area contributed by atoms with Gasteiger partial charge in [-0.05, 0) is 27.7 Å². The third-order valence-electron chi connectivity index (χ3n) is 2.13. The minimum atomic E-state index is -1.36. The van der Waals surface area contributed by atoms with E-state index in [9.17, 15) is 14.4 Å². The number of nitrogens with zero attached hydrogens (tertiary/aromatic N) is 7. The highest BCUT2D eigenvalue weighted by molar-refractivity contribution is 6.00.